The molecule has 204 valence electrons. The molecule has 0 atom stereocenters. The van der Waals surface area contributed by atoms with E-state index in [1.165, 1.54) is 49.8 Å². The number of hydrogen-bond donors (Lipinski definition) is 0. The Hall–Kier alpha value is -3.67. The van der Waals surface area contributed by atoms with Gasteiger partial charge >= 0.3 is 0 Å². The van der Waals surface area contributed by atoms with Crippen LogP contribution in [-0.2, 0) is 5.54 Å². The number of fused-ring (bicyclic) bond motifs is 1. The number of aryl methyl sites for hydroxylation is 1. The molecule has 1 aliphatic rings. The van der Waals surface area contributed by atoms with Crippen molar-refractivity contribution < 1.29 is 0 Å². The number of hydrogen-bond acceptors (Lipinski definition) is 4. The average Bonchev–Trinajstić information content (AvgIpc) is 3.67. The average molecular weight is 572 g/mol. The molecule has 1 fully saturated rings. The van der Waals surface area contributed by atoms with Gasteiger partial charge in [-0.05, 0) is 67.0 Å². The topological polar surface area (TPSA) is 30.7 Å². The zero-order valence-corrected chi connectivity index (χ0v) is 24.8. The Morgan fingerprint density at radius 3 is 1.93 bits per heavy atom. The second-order valence-electron chi connectivity index (χ2n) is 11.1. The summed E-state index contributed by atoms with van der Waals surface area (Å²) < 4.78 is 4.86. The van der Waals surface area contributed by atoms with E-state index in [1.54, 1.807) is 0 Å². The summed E-state index contributed by atoms with van der Waals surface area (Å²) >= 11 is 3.81. The molecule has 5 heteroatoms. The van der Waals surface area contributed by atoms with E-state index in [2.05, 4.69) is 133 Å². The maximum Gasteiger partial charge on any atom is 0.151 e. The van der Waals surface area contributed by atoms with E-state index in [0.29, 0.717) is 11.2 Å². The SMILES string of the molecule is Cc1ccc2nc(SC3CCC(c4cn(C(c5ccccc5)(c5ccccc5)c5ccccc5)cn4)CC3)sc2c1. The number of thiazole rings is 1. The van der Waals surface area contributed by atoms with Gasteiger partial charge in [0.1, 0.15) is 5.54 Å². The third-order valence-electron chi connectivity index (χ3n) is 8.45. The molecular formula is C36H33N3S2. The predicted molar refractivity (Wildman–Crippen MR) is 172 cm³/mol. The zero-order valence-electron chi connectivity index (χ0n) is 23.2. The van der Waals surface area contributed by atoms with Crippen LogP contribution < -0.4 is 0 Å². The van der Waals surface area contributed by atoms with Crippen LogP contribution in [0.5, 0.6) is 0 Å². The van der Waals surface area contributed by atoms with Gasteiger partial charge in [0.05, 0.1) is 22.2 Å². The summed E-state index contributed by atoms with van der Waals surface area (Å²) in [7, 11) is 0. The molecule has 6 aromatic rings. The van der Waals surface area contributed by atoms with E-state index in [9.17, 15) is 0 Å². The fourth-order valence-electron chi connectivity index (χ4n) is 6.40. The Balaban J connectivity index is 1.17. The molecule has 2 aromatic heterocycles. The van der Waals surface area contributed by atoms with Crippen LogP contribution in [0.4, 0.5) is 0 Å². The molecule has 0 aliphatic heterocycles. The van der Waals surface area contributed by atoms with E-state index >= 15 is 0 Å². The molecule has 0 unspecified atom stereocenters. The van der Waals surface area contributed by atoms with Gasteiger partial charge in [0.2, 0.25) is 0 Å². The van der Waals surface area contributed by atoms with Gasteiger partial charge in [0.25, 0.3) is 0 Å². The van der Waals surface area contributed by atoms with Crippen LogP contribution in [0, 0.1) is 6.92 Å². The van der Waals surface area contributed by atoms with Crippen molar-refractivity contribution in [2.24, 2.45) is 0 Å². The summed E-state index contributed by atoms with van der Waals surface area (Å²) in [6.45, 7) is 2.15. The third-order valence-corrected chi connectivity index (χ3v) is 10.9. The van der Waals surface area contributed by atoms with Gasteiger partial charge < -0.3 is 4.57 Å². The lowest BCUT2D eigenvalue weighted by Gasteiger charge is -2.37. The molecule has 3 nitrogen and oxygen atoms in total. The summed E-state index contributed by atoms with van der Waals surface area (Å²) in [4.78, 5) is 9.98. The molecule has 0 bridgehead atoms. The van der Waals surface area contributed by atoms with Crippen molar-refractivity contribution in [3.8, 4) is 0 Å². The van der Waals surface area contributed by atoms with Crippen LogP contribution in [0.1, 0.15) is 59.5 Å². The number of aromatic nitrogens is 3. The van der Waals surface area contributed by atoms with Gasteiger partial charge in [-0.3, -0.25) is 0 Å². The first kappa shape index (κ1) is 26.2. The Kier molecular flexibility index (Phi) is 7.24. The normalized spacial score (nSPS) is 17.6. The summed E-state index contributed by atoms with van der Waals surface area (Å²) in [5.74, 6) is 0.478. The smallest absolute Gasteiger partial charge is 0.151 e. The highest BCUT2D eigenvalue weighted by molar-refractivity contribution is 8.01. The number of benzene rings is 4. The Morgan fingerprint density at radius 2 is 1.34 bits per heavy atom. The summed E-state index contributed by atoms with van der Waals surface area (Å²) in [6, 6.07) is 39.1. The van der Waals surface area contributed by atoms with Gasteiger partial charge in [-0.25, -0.2) is 9.97 Å². The lowest BCUT2D eigenvalue weighted by atomic mass is 9.76. The summed E-state index contributed by atoms with van der Waals surface area (Å²) in [5.41, 5.74) is 6.81. The van der Waals surface area contributed by atoms with E-state index in [4.69, 9.17) is 9.97 Å². The van der Waals surface area contributed by atoms with Crippen molar-refractivity contribution in [2.75, 3.05) is 0 Å². The van der Waals surface area contributed by atoms with E-state index in [-0.39, 0.29) is 0 Å². The van der Waals surface area contributed by atoms with Crippen LogP contribution in [0.3, 0.4) is 0 Å². The molecule has 0 radical (unpaired) electrons. The molecule has 2 heterocycles. The second-order valence-corrected chi connectivity index (χ2v) is 13.6. The zero-order chi connectivity index (χ0) is 27.6. The highest BCUT2D eigenvalue weighted by atomic mass is 32.2. The van der Waals surface area contributed by atoms with E-state index in [0.717, 1.165) is 18.4 Å². The van der Waals surface area contributed by atoms with Crippen LogP contribution in [0.25, 0.3) is 10.2 Å². The number of thioether (sulfide) groups is 1. The van der Waals surface area contributed by atoms with Gasteiger partial charge in [-0.1, -0.05) is 109 Å². The first-order valence-corrected chi connectivity index (χ1v) is 16.1. The van der Waals surface area contributed by atoms with Crippen LogP contribution in [0.2, 0.25) is 0 Å². The van der Waals surface area contributed by atoms with E-state index < -0.39 is 5.54 Å². The van der Waals surface area contributed by atoms with Crippen molar-refractivity contribution in [1.82, 2.24) is 14.5 Å². The Morgan fingerprint density at radius 1 is 0.756 bits per heavy atom. The first-order chi connectivity index (χ1) is 20.2. The van der Waals surface area contributed by atoms with Crippen molar-refractivity contribution in [3.63, 3.8) is 0 Å². The minimum Gasteiger partial charge on any atom is -0.319 e. The van der Waals surface area contributed by atoms with Gasteiger partial charge in [-0.2, -0.15) is 0 Å². The van der Waals surface area contributed by atoms with Gasteiger partial charge in [-0.15, -0.1) is 11.3 Å². The number of rotatable bonds is 7. The summed E-state index contributed by atoms with van der Waals surface area (Å²) in [5, 5.41) is 0.618. The largest absolute Gasteiger partial charge is 0.319 e. The standard InChI is InChI=1S/C36H33N3S2/c1-26-17-22-32-34(23-26)41-35(38-32)40-31-20-18-27(19-21-31)33-24-39(25-37-33)36(28-11-5-2-6-12-28,29-13-7-3-8-14-29)30-15-9-4-10-16-30/h2-17,22-25,27,31H,18-21H2,1H3. The van der Waals surface area contributed by atoms with Gasteiger partial charge in [0.15, 0.2) is 4.34 Å². The molecule has 7 rings (SSSR count). The molecule has 0 amide bonds. The molecule has 0 N–H and O–H groups in total. The molecule has 0 spiro atoms. The minimum atomic E-state index is -0.507. The number of nitrogens with zero attached hydrogens (tertiary/aromatic N) is 3. The summed E-state index contributed by atoms with van der Waals surface area (Å²) in [6.07, 6.45) is 9.09. The van der Waals surface area contributed by atoms with Crippen LogP contribution >= 0.6 is 23.1 Å². The molecule has 0 saturated heterocycles. The van der Waals surface area contributed by atoms with Crippen molar-refractivity contribution in [3.05, 3.63) is 150 Å². The lowest BCUT2D eigenvalue weighted by molar-refractivity contribution is 0.445. The monoisotopic (exact) mass is 571 g/mol. The quantitative estimate of drug-likeness (QED) is 0.179. The van der Waals surface area contributed by atoms with Crippen molar-refractivity contribution in [1.29, 1.82) is 0 Å². The molecule has 41 heavy (non-hydrogen) atoms. The maximum absolute atomic E-state index is 5.07. The van der Waals surface area contributed by atoms with Crippen molar-refractivity contribution in [2.45, 2.75) is 53.7 Å². The Labute approximate surface area is 250 Å². The number of imidazole rings is 1. The second kappa shape index (κ2) is 11.3. The van der Waals surface area contributed by atoms with Crippen LogP contribution in [0.15, 0.2) is 126 Å². The highest BCUT2D eigenvalue weighted by Crippen LogP contribution is 2.44. The molecular weight excluding hydrogens is 539 g/mol. The lowest BCUT2D eigenvalue weighted by Crippen LogP contribution is -2.37. The fraction of sp³-hybridized carbons (Fsp3) is 0.222. The minimum absolute atomic E-state index is 0.478. The van der Waals surface area contributed by atoms with Crippen molar-refractivity contribution >= 4 is 33.3 Å². The molecule has 4 aromatic carbocycles. The van der Waals surface area contributed by atoms with Crippen LogP contribution in [-0.4, -0.2) is 19.8 Å². The van der Waals surface area contributed by atoms with E-state index in [1.807, 2.05) is 23.1 Å². The molecule has 1 aliphatic carbocycles. The third kappa shape index (κ3) is 5.02. The first-order valence-electron chi connectivity index (χ1n) is 14.4. The van der Waals surface area contributed by atoms with Gasteiger partial charge in [0, 0.05) is 17.4 Å². The predicted octanol–water partition coefficient (Wildman–Crippen LogP) is 9.46. The maximum atomic E-state index is 5.07. The molecule has 1 saturated carbocycles. The Bertz CT molecular complexity index is 1640. The fourth-order valence-corrected chi connectivity index (χ4v) is 9.01. The highest BCUT2D eigenvalue weighted by Gasteiger charge is 2.39.